The summed E-state index contributed by atoms with van der Waals surface area (Å²) in [5, 5.41) is 2.07. The first-order chi connectivity index (χ1) is 9.20. The van der Waals surface area contributed by atoms with Gasteiger partial charge < -0.3 is 10.6 Å². The van der Waals surface area contributed by atoms with Gasteiger partial charge in [0, 0.05) is 50.1 Å². The Morgan fingerprint density at radius 1 is 1.42 bits per heavy atom. The standard InChI is InChI=1S/C14H19N3OS/c1-12(18)17-8-6-16(7-9-17)11-14-13(3-2-5-15)4-10-19-14/h4,10H,5-9,11,15H2,1H3. The first-order valence-electron chi connectivity index (χ1n) is 6.44. The molecule has 1 saturated heterocycles. The molecule has 1 fully saturated rings. The van der Waals surface area contributed by atoms with Gasteiger partial charge in [-0.15, -0.1) is 11.3 Å². The van der Waals surface area contributed by atoms with E-state index in [0.29, 0.717) is 6.54 Å². The summed E-state index contributed by atoms with van der Waals surface area (Å²) in [6.07, 6.45) is 0. The Labute approximate surface area is 118 Å². The van der Waals surface area contributed by atoms with Crippen LogP contribution in [0.15, 0.2) is 11.4 Å². The van der Waals surface area contributed by atoms with Crippen LogP contribution in [0.1, 0.15) is 17.4 Å². The molecule has 1 amide bonds. The van der Waals surface area contributed by atoms with Gasteiger partial charge in [-0.1, -0.05) is 11.8 Å². The van der Waals surface area contributed by atoms with Gasteiger partial charge in [-0.25, -0.2) is 0 Å². The van der Waals surface area contributed by atoms with Crippen LogP contribution in [-0.4, -0.2) is 48.4 Å². The zero-order chi connectivity index (χ0) is 13.7. The van der Waals surface area contributed by atoms with E-state index in [4.69, 9.17) is 5.73 Å². The third kappa shape index (κ3) is 3.80. The lowest BCUT2D eigenvalue weighted by molar-refractivity contribution is -0.130. The number of hydrogen-bond acceptors (Lipinski definition) is 4. The van der Waals surface area contributed by atoms with Gasteiger partial charge in [-0.05, 0) is 11.4 Å². The zero-order valence-corrected chi connectivity index (χ0v) is 12.0. The van der Waals surface area contributed by atoms with Crippen LogP contribution in [0.3, 0.4) is 0 Å². The normalized spacial score (nSPS) is 16.0. The van der Waals surface area contributed by atoms with Crippen LogP contribution in [-0.2, 0) is 11.3 Å². The van der Waals surface area contributed by atoms with Gasteiger partial charge in [0.1, 0.15) is 0 Å². The average Bonchev–Trinajstić information content (AvgIpc) is 2.84. The molecule has 2 rings (SSSR count). The largest absolute Gasteiger partial charge is 0.340 e. The van der Waals surface area contributed by atoms with E-state index < -0.39 is 0 Å². The maximum Gasteiger partial charge on any atom is 0.219 e. The predicted octanol–water partition coefficient (Wildman–Crippen LogP) is 0.722. The molecule has 0 spiro atoms. The first-order valence-corrected chi connectivity index (χ1v) is 7.32. The molecule has 4 nitrogen and oxygen atoms in total. The molecule has 19 heavy (non-hydrogen) atoms. The lowest BCUT2D eigenvalue weighted by atomic mass is 10.2. The summed E-state index contributed by atoms with van der Waals surface area (Å²) in [5.74, 6) is 6.19. The molecule has 0 radical (unpaired) electrons. The van der Waals surface area contributed by atoms with Crippen LogP contribution in [0.5, 0.6) is 0 Å². The Bertz CT molecular complexity index is 492. The zero-order valence-electron chi connectivity index (χ0n) is 11.2. The van der Waals surface area contributed by atoms with Crippen molar-refractivity contribution >= 4 is 17.2 Å². The van der Waals surface area contributed by atoms with Crippen molar-refractivity contribution in [2.75, 3.05) is 32.7 Å². The van der Waals surface area contributed by atoms with Gasteiger partial charge >= 0.3 is 0 Å². The lowest BCUT2D eigenvalue weighted by Crippen LogP contribution is -2.47. The summed E-state index contributed by atoms with van der Waals surface area (Å²) in [4.78, 5) is 16.8. The highest BCUT2D eigenvalue weighted by Crippen LogP contribution is 2.19. The van der Waals surface area contributed by atoms with Crippen molar-refractivity contribution in [2.24, 2.45) is 5.73 Å². The van der Waals surface area contributed by atoms with Crippen LogP contribution >= 0.6 is 11.3 Å². The molecule has 0 atom stereocenters. The highest BCUT2D eigenvalue weighted by atomic mass is 32.1. The van der Waals surface area contributed by atoms with Crippen LogP contribution in [0.2, 0.25) is 0 Å². The third-order valence-corrected chi connectivity index (χ3v) is 4.16. The van der Waals surface area contributed by atoms with Crippen LogP contribution in [0.4, 0.5) is 0 Å². The number of hydrogen-bond donors (Lipinski definition) is 1. The number of carbonyl (C=O) groups excluding carboxylic acids is 1. The fraction of sp³-hybridized carbons (Fsp3) is 0.500. The number of rotatable bonds is 2. The molecule has 0 aliphatic carbocycles. The van der Waals surface area contributed by atoms with Gasteiger partial charge in [0.05, 0.1) is 6.54 Å². The number of piperazine rings is 1. The van der Waals surface area contributed by atoms with Crippen molar-refractivity contribution in [3.63, 3.8) is 0 Å². The molecule has 0 bridgehead atoms. The highest BCUT2D eigenvalue weighted by Gasteiger charge is 2.19. The molecular formula is C14H19N3OS. The number of carbonyl (C=O) groups is 1. The van der Waals surface area contributed by atoms with Gasteiger partial charge in [-0.3, -0.25) is 9.69 Å². The SMILES string of the molecule is CC(=O)N1CCN(Cc2sccc2C#CCN)CC1. The molecule has 1 aliphatic heterocycles. The molecule has 2 heterocycles. The number of nitrogens with zero attached hydrogens (tertiary/aromatic N) is 2. The molecule has 0 saturated carbocycles. The van der Waals surface area contributed by atoms with Crippen molar-refractivity contribution in [1.29, 1.82) is 0 Å². The molecule has 1 aromatic heterocycles. The van der Waals surface area contributed by atoms with E-state index in [0.717, 1.165) is 38.3 Å². The van der Waals surface area contributed by atoms with E-state index in [9.17, 15) is 4.79 Å². The molecule has 0 aromatic carbocycles. The second-order valence-electron chi connectivity index (χ2n) is 4.55. The van der Waals surface area contributed by atoms with E-state index in [-0.39, 0.29) is 5.91 Å². The Morgan fingerprint density at radius 2 is 2.16 bits per heavy atom. The third-order valence-electron chi connectivity index (χ3n) is 3.26. The number of amides is 1. The summed E-state index contributed by atoms with van der Waals surface area (Å²) in [6, 6.07) is 2.05. The monoisotopic (exact) mass is 277 g/mol. The van der Waals surface area contributed by atoms with Crippen LogP contribution < -0.4 is 5.73 Å². The summed E-state index contributed by atoms with van der Waals surface area (Å²) in [5.41, 5.74) is 6.49. The smallest absolute Gasteiger partial charge is 0.219 e. The first kappa shape index (κ1) is 14.1. The van der Waals surface area contributed by atoms with E-state index in [1.165, 1.54) is 4.88 Å². The quantitative estimate of drug-likeness (QED) is 0.811. The Hall–Kier alpha value is -1.35. The predicted molar refractivity (Wildman–Crippen MR) is 77.8 cm³/mol. The maximum atomic E-state index is 11.3. The van der Waals surface area contributed by atoms with Crippen LogP contribution in [0, 0.1) is 11.8 Å². The van der Waals surface area contributed by atoms with Crippen molar-refractivity contribution in [3.05, 3.63) is 21.9 Å². The van der Waals surface area contributed by atoms with E-state index in [1.807, 2.05) is 4.90 Å². The Balaban J connectivity index is 1.92. The van der Waals surface area contributed by atoms with Gasteiger partial charge in [0.15, 0.2) is 0 Å². The molecule has 1 aliphatic rings. The van der Waals surface area contributed by atoms with E-state index >= 15 is 0 Å². The topological polar surface area (TPSA) is 49.6 Å². The van der Waals surface area contributed by atoms with E-state index in [2.05, 4.69) is 28.2 Å². The molecule has 2 N–H and O–H groups in total. The van der Waals surface area contributed by atoms with Gasteiger partial charge in [-0.2, -0.15) is 0 Å². The fourth-order valence-corrected chi connectivity index (χ4v) is 3.02. The number of nitrogens with two attached hydrogens (primary N) is 1. The molecule has 102 valence electrons. The van der Waals surface area contributed by atoms with Crippen molar-refractivity contribution in [3.8, 4) is 11.8 Å². The summed E-state index contributed by atoms with van der Waals surface area (Å²) in [7, 11) is 0. The maximum absolute atomic E-state index is 11.3. The summed E-state index contributed by atoms with van der Waals surface area (Å²) in [6.45, 7) is 6.46. The molecule has 0 unspecified atom stereocenters. The van der Waals surface area contributed by atoms with Crippen molar-refractivity contribution < 1.29 is 4.79 Å². The minimum absolute atomic E-state index is 0.172. The van der Waals surface area contributed by atoms with Gasteiger partial charge in [0.2, 0.25) is 5.91 Å². The minimum Gasteiger partial charge on any atom is -0.340 e. The van der Waals surface area contributed by atoms with Crippen molar-refractivity contribution in [2.45, 2.75) is 13.5 Å². The number of thiophene rings is 1. The minimum atomic E-state index is 0.172. The second kappa shape index (κ2) is 6.71. The van der Waals surface area contributed by atoms with Crippen molar-refractivity contribution in [1.82, 2.24) is 9.80 Å². The summed E-state index contributed by atoms with van der Waals surface area (Å²) >= 11 is 1.74. The molecular weight excluding hydrogens is 258 g/mol. The summed E-state index contributed by atoms with van der Waals surface area (Å²) < 4.78 is 0. The van der Waals surface area contributed by atoms with Gasteiger partial charge in [0.25, 0.3) is 0 Å². The highest BCUT2D eigenvalue weighted by molar-refractivity contribution is 7.10. The molecule has 1 aromatic rings. The second-order valence-corrected chi connectivity index (χ2v) is 5.55. The van der Waals surface area contributed by atoms with E-state index in [1.54, 1.807) is 18.3 Å². The fourth-order valence-electron chi connectivity index (χ4n) is 2.14. The Kier molecular flexibility index (Phi) is 4.97. The van der Waals surface area contributed by atoms with Crippen LogP contribution in [0.25, 0.3) is 0 Å². The average molecular weight is 277 g/mol. The lowest BCUT2D eigenvalue weighted by Gasteiger charge is -2.33. The molecule has 5 heteroatoms. The Morgan fingerprint density at radius 3 is 2.79 bits per heavy atom.